The third-order valence-corrected chi connectivity index (χ3v) is 5.15. The molecule has 0 spiro atoms. The van der Waals surface area contributed by atoms with E-state index in [0.717, 1.165) is 5.56 Å². The van der Waals surface area contributed by atoms with Gasteiger partial charge in [0.15, 0.2) is 0 Å². The van der Waals surface area contributed by atoms with E-state index in [0.29, 0.717) is 25.9 Å². The van der Waals surface area contributed by atoms with Crippen LogP contribution >= 0.6 is 0 Å². The second kappa shape index (κ2) is 7.57. The fourth-order valence-electron chi connectivity index (χ4n) is 2.30. The van der Waals surface area contributed by atoms with Crippen molar-refractivity contribution in [3.05, 3.63) is 35.9 Å². The van der Waals surface area contributed by atoms with Gasteiger partial charge >= 0.3 is 6.09 Å². The monoisotopic (exact) mass is 327 g/mol. The number of amides is 1. The minimum Gasteiger partial charge on any atom is -0.445 e. The van der Waals surface area contributed by atoms with Gasteiger partial charge in [0, 0.05) is 26.2 Å². The van der Waals surface area contributed by atoms with E-state index in [4.69, 9.17) is 4.74 Å². The van der Waals surface area contributed by atoms with E-state index in [-0.39, 0.29) is 12.6 Å². The van der Waals surface area contributed by atoms with Gasteiger partial charge in [0.2, 0.25) is 0 Å². The Kier molecular flexibility index (Phi) is 5.76. The van der Waals surface area contributed by atoms with Crippen LogP contribution in [0.4, 0.5) is 4.79 Å². The van der Waals surface area contributed by atoms with Crippen molar-refractivity contribution in [1.29, 1.82) is 0 Å². The number of benzene rings is 1. The number of ether oxygens (including phenoxy) is 1. The van der Waals surface area contributed by atoms with Crippen LogP contribution in [0.5, 0.6) is 0 Å². The first-order chi connectivity index (χ1) is 10.5. The van der Waals surface area contributed by atoms with Gasteiger partial charge in [-0.3, -0.25) is 0 Å². The maximum atomic E-state index is 11.7. The van der Waals surface area contributed by atoms with Crippen LogP contribution in [0.1, 0.15) is 18.4 Å². The largest absolute Gasteiger partial charge is 0.445 e. The summed E-state index contributed by atoms with van der Waals surface area (Å²) in [5.74, 6) is 0. The molecule has 1 aliphatic rings. The second-order valence-corrected chi connectivity index (χ2v) is 6.96. The minimum atomic E-state index is -3.38. The molecule has 7 nitrogen and oxygen atoms in total. The van der Waals surface area contributed by atoms with Gasteiger partial charge in [0.25, 0.3) is 10.2 Å². The van der Waals surface area contributed by atoms with E-state index in [1.807, 2.05) is 30.3 Å². The summed E-state index contributed by atoms with van der Waals surface area (Å²) in [6.45, 7) is 0.985. The number of nitrogens with zero attached hydrogens (tertiary/aromatic N) is 1. The van der Waals surface area contributed by atoms with Crippen molar-refractivity contribution in [2.45, 2.75) is 25.5 Å². The lowest BCUT2D eigenvalue weighted by Crippen LogP contribution is -2.49. The molecule has 8 heteroatoms. The Hall–Kier alpha value is -1.64. The average molecular weight is 327 g/mol. The lowest BCUT2D eigenvalue weighted by atomic mass is 10.1. The first-order valence-electron chi connectivity index (χ1n) is 7.17. The van der Waals surface area contributed by atoms with Gasteiger partial charge in [-0.25, -0.2) is 9.52 Å². The fourth-order valence-corrected chi connectivity index (χ4v) is 3.25. The molecule has 0 radical (unpaired) electrons. The Balaban J connectivity index is 1.73. The van der Waals surface area contributed by atoms with E-state index in [1.54, 1.807) is 0 Å². The molecule has 1 saturated heterocycles. The first-order valence-corrected chi connectivity index (χ1v) is 8.61. The van der Waals surface area contributed by atoms with Crippen LogP contribution in [-0.2, 0) is 21.6 Å². The summed E-state index contributed by atoms with van der Waals surface area (Å²) in [7, 11) is -1.99. The second-order valence-electron chi connectivity index (χ2n) is 5.09. The molecular formula is C14H21N3O4S. The van der Waals surface area contributed by atoms with Gasteiger partial charge in [-0.05, 0) is 18.4 Å². The zero-order valence-corrected chi connectivity index (χ0v) is 13.3. The number of hydrogen-bond donors (Lipinski definition) is 2. The number of alkyl carbamates (subject to hydrolysis) is 1. The Morgan fingerprint density at radius 3 is 2.50 bits per heavy atom. The molecule has 0 bridgehead atoms. The molecule has 0 saturated carbocycles. The van der Waals surface area contributed by atoms with Gasteiger partial charge in [0.05, 0.1) is 0 Å². The Bertz CT molecular complexity index is 583. The first kappa shape index (κ1) is 16.7. The summed E-state index contributed by atoms with van der Waals surface area (Å²) in [5.41, 5.74) is 0.924. The van der Waals surface area contributed by atoms with E-state index >= 15 is 0 Å². The molecule has 1 heterocycles. The summed E-state index contributed by atoms with van der Waals surface area (Å²) in [5, 5.41) is 2.78. The summed E-state index contributed by atoms with van der Waals surface area (Å²) in [6, 6.07) is 9.37. The Morgan fingerprint density at radius 2 is 1.91 bits per heavy atom. The molecule has 1 aliphatic heterocycles. The van der Waals surface area contributed by atoms with E-state index in [1.165, 1.54) is 11.4 Å². The van der Waals surface area contributed by atoms with Crippen LogP contribution in [0.2, 0.25) is 0 Å². The topological polar surface area (TPSA) is 87.7 Å². The Labute approximate surface area is 130 Å². The number of carbonyl (C=O) groups excluding carboxylic acids is 1. The lowest BCUT2D eigenvalue weighted by molar-refractivity contribution is 0.131. The molecular weight excluding hydrogens is 306 g/mol. The highest BCUT2D eigenvalue weighted by atomic mass is 32.2. The average Bonchev–Trinajstić information content (AvgIpc) is 2.54. The fraction of sp³-hybridized carbons (Fsp3) is 0.500. The van der Waals surface area contributed by atoms with Gasteiger partial charge in [-0.2, -0.15) is 12.7 Å². The van der Waals surface area contributed by atoms with Crippen molar-refractivity contribution < 1.29 is 17.9 Å². The van der Waals surface area contributed by atoms with Crippen LogP contribution in [-0.4, -0.2) is 45.0 Å². The molecule has 1 aromatic rings. The summed E-state index contributed by atoms with van der Waals surface area (Å²) in [6.07, 6.45) is 0.668. The van der Waals surface area contributed by atoms with Crippen LogP contribution in [0.15, 0.2) is 30.3 Å². The van der Waals surface area contributed by atoms with Crippen LogP contribution in [0, 0.1) is 0 Å². The van der Waals surface area contributed by atoms with Crippen LogP contribution in [0.25, 0.3) is 0 Å². The van der Waals surface area contributed by atoms with Crippen molar-refractivity contribution in [3.8, 4) is 0 Å². The van der Waals surface area contributed by atoms with Crippen molar-refractivity contribution in [2.24, 2.45) is 0 Å². The molecule has 1 aromatic carbocycles. The maximum Gasteiger partial charge on any atom is 0.407 e. The minimum absolute atomic E-state index is 0.0634. The molecule has 1 fully saturated rings. The molecule has 2 rings (SSSR count). The summed E-state index contributed by atoms with van der Waals surface area (Å²) >= 11 is 0. The number of carbonyl (C=O) groups is 1. The Morgan fingerprint density at radius 1 is 1.27 bits per heavy atom. The maximum absolute atomic E-state index is 11.7. The molecule has 0 aliphatic carbocycles. The van der Waals surface area contributed by atoms with Crippen molar-refractivity contribution in [1.82, 2.24) is 14.3 Å². The van der Waals surface area contributed by atoms with Crippen molar-refractivity contribution in [3.63, 3.8) is 0 Å². The normalized spacial score (nSPS) is 17.1. The van der Waals surface area contributed by atoms with Gasteiger partial charge < -0.3 is 10.1 Å². The quantitative estimate of drug-likeness (QED) is 0.839. The zero-order chi connectivity index (χ0) is 16.0. The van der Waals surface area contributed by atoms with Gasteiger partial charge in [-0.1, -0.05) is 30.3 Å². The highest BCUT2D eigenvalue weighted by Crippen LogP contribution is 2.13. The predicted molar refractivity (Wildman–Crippen MR) is 82.3 cm³/mol. The lowest BCUT2D eigenvalue weighted by Gasteiger charge is -2.30. The molecule has 0 atom stereocenters. The smallest absolute Gasteiger partial charge is 0.407 e. The third-order valence-electron chi connectivity index (χ3n) is 3.59. The molecule has 0 unspecified atom stereocenters. The third kappa shape index (κ3) is 4.69. The van der Waals surface area contributed by atoms with Crippen LogP contribution < -0.4 is 10.0 Å². The van der Waals surface area contributed by atoms with Crippen molar-refractivity contribution in [2.75, 3.05) is 20.1 Å². The van der Waals surface area contributed by atoms with Gasteiger partial charge in [0.1, 0.15) is 6.61 Å². The van der Waals surface area contributed by atoms with Crippen molar-refractivity contribution >= 4 is 16.3 Å². The number of piperidine rings is 1. The number of rotatable bonds is 5. The summed E-state index contributed by atoms with van der Waals surface area (Å²) < 4.78 is 32.1. The highest BCUT2D eigenvalue weighted by Gasteiger charge is 2.27. The van der Waals surface area contributed by atoms with Crippen LogP contribution in [0.3, 0.4) is 0 Å². The standard InChI is InChI=1S/C14H21N3O4S/c1-15-22(19,20)17-9-7-13(8-10-17)16-14(18)21-11-12-5-3-2-4-6-12/h2-6,13,15H,7-11H2,1H3,(H,16,18). The summed E-state index contributed by atoms with van der Waals surface area (Å²) in [4.78, 5) is 11.7. The number of nitrogens with one attached hydrogen (secondary N) is 2. The van der Waals surface area contributed by atoms with E-state index < -0.39 is 16.3 Å². The molecule has 1 amide bonds. The van der Waals surface area contributed by atoms with Gasteiger partial charge in [-0.15, -0.1) is 0 Å². The number of hydrogen-bond acceptors (Lipinski definition) is 4. The molecule has 22 heavy (non-hydrogen) atoms. The zero-order valence-electron chi connectivity index (χ0n) is 12.5. The predicted octanol–water partition coefficient (Wildman–Crippen LogP) is 0.841. The van der Waals surface area contributed by atoms with E-state index in [9.17, 15) is 13.2 Å². The SMILES string of the molecule is CNS(=O)(=O)N1CCC(NC(=O)OCc2ccccc2)CC1. The molecule has 2 N–H and O–H groups in total. The molecule has 122 valence electrons. The molecule has 0 aromatic heterocycles. The van der Waals surface area contributed by atoms with E-state index in [2.05, 4.69) is 10.0 Å². The highest BCUT2D eigenvalue weighted by molar-refractivity contribution is 7.87.